The lowest BCUT2D eigenvalue weighted by Crippen LogP contribution is -2.56. The fraction of sp³-hybridized carbons (Fsp3) is 0.933. The molecule has 2 unspecified atom stereocenters. The van der Waals surface area contributed by atoms with Crippen molar-refractivity contribution in [2.24, 2.45) is 11.7 Å². The highest BCUT2D eigenvalue weighted by atomic mass is 16.1. The first-order valence-electron chi connectivity index (χ1n) is 7.64. The number of carbonyl (C=O) groups is 1. The average Bonchev–Trinajstić information content (AvgIpc) is 2.30. The standard InChI is InChI=1S/C15H31N3O/c1-5-9-17-15(3,14(16)19)10-12(2)18(4)11-13-7-6-8-13/h12-13,17H,5-11H2,1-4H3,(H2,16,19). The molecule has 0 bridgehead atoms. The summed E-state index contributed by atoms with van der Waals surface area (Å²) >= 11 is 0. The quantitative estimate of drug-likeness (QED) is 0.670. The van der Waals surface area contributed by atoms with Crippen LogP contribution < -0.4 is 11.1 Å². The number of carbonyl (C=O) groups excluding carboxylic acids is 1. The smallest absolute Gasteiger partial charge is 0.237 e. The van der Waals surface area contributed by atoms with Crippen LogP contribution in [0.5, 0.6) is 0 Å². The minimum absolute atomic E-state index is 0.246. The molecule has 1 fully saturated rings. The van der Waals surface area contributed by atoms with E-state index in [0.717, 1.165) is 31.8 Å². The zero-order chi connectivity index (χ0) is 14.5. The Bertz CT molecular complexity index is 291. The van der Waals surface area contributed by atoms with Crippen molar-refractivity contribution >= 4 is 5.91 Å². The summed E-state index contributed by atoms with van der Waals surface area (Å²) in [7, 11) is 2.16. The van der Waals surface area contributed by atoms with Gasteiger partial charge in [-0.25, -0.2) is 0 Å². The number of amides is 1. The number of primary amides is 1. The maximum absolute atomic E-state index is 11.7. The zero-order valence-electron chi connectivity index (χ0n) is 13.0. The highest BCUT2D eigenvalue weighted by Crippen LogP contribution is 2.28. The molecule has 1 rings (SSSR count). The van der Waals surface area contributed by atoms with Crippen LogP contribution in [-0.2, 0) is 4.79 Å². The molecule has 19 heavy (non-hydrogen) atoms. The number of rotatable bonds is 9. The summed E-state index contributed by atoms with van der Waals surface area (Å²) in [6.45, 7) is 8.19. The van der Waals surface area contributed by atoms with Crippen molar-refractivity contribution in [1.29, 1.82) is 0 Å². The van der Waals surface area contributed by atoms with Gasteiger partial charge in [0.05, 0.1) is 5.54 Å². The minimum atomic E-state index is -0.594. The summed E-state index contributed by atoms with van der Waals surface area (Å²) in [4.78, 5) is 14.1. The minimum Gasteiger partial charge on any atom is -0.368 e. The van der Waals surface area contributed by atoms with E-state index in [1.54, 1.807) is 0 Å². The van der Waals surface area contributed by atoms with Crippen molar-refractivity contribution in [3.63, 3.8) is 0 Å². The zero-order valence-corrected chi connectivity index (χ0v) is 13.0. The number of nitrogens with two attached hydrogens (primary N) is 1. The van der Waals surface area contributed by atoms with Crippen molar-refractivity contribution < 1.29 is 4.79 Å². The van der Waals surface area contributed by atoms with Gasteiger partial charge in [-0.1, -0.05) is 13.3 Å². The first-order chi connectivity index (χ1) is 8.89. The number of hydrogen-bond donors (Lipinski definition) is 2. The van der Waals surface area contributed by atoms with Gasteiger partial charge in [0.1, 0.15) is 0 Å². The van der Waals surface area contributed by atoms with E-state index in [2.05, 4.69) is 31.1 Å². The molecule has 112 valence electrons. The number of hydrogen-bond acceptors (Lipinski definition) is 3. The largest absolute Gasteiger partial charge is 0.368 e. The molecule has 1 aliphatic carbocycles. The van der Waals surface area contributed by atoms with Crippen LogP contribution in [-0.4, -0.2) is 42.5 Å². The summed E-state index contributed by atoms with van der Waals surface area (Å²) in [6, 6.07) is 0.363. The topological polar surface area (TPSA) is 58.4 Å². The van der Waals surface area contributed by atoms with Gasteiger partial charge in [-0.15, -0.1) is 0 Å². The fourth-order valence-electron chi connectivity index (χ4n) is 2.67. The number of nitrogens with one attached hydrogen (secondary N) is 1. The van der Waals surface area contributed by atoms with Crippen LogP contribution in [0.2, 0.25) is 0 Å². The van der Waals surface area contributed by atoms with E-state index in [0.29, 0.717) is 6.04 Å². The van der Waals surface area contributed by atoms with Crippen LogP contribution in [0.15, 0.2) is 0 Å². The van der Waals surface area contributed by atoms with Gasteiger partial charge in [-0.3, -0.25) is 4.79 Å². The predicted octanol–water partition coefficient (Wildman–Crippen LogP) is 1.74. The summed E-state index contributed by atoms with van der Waals surface area (Å²) in [5.41, 5.74) is 4.98. The van der Waals surface area contributed by atoms with Gasteiger partial charge >= 0.3 is 0 Å². The first kappa shape index (κ1) is 16.4. The lowest BCUT2D eigenvalue weighted by molar-refractivity contribution is -0.124. The molecule has 0 aromatic rings. The van der Waals surface area contributed by atoms with Crippen LogP contribution in [0.25, 0.3) is 0 Å². The highest BCUT2D eigenvalue weighted by Gasteiger charge is 2.33. The van der Waals surface area contributed by atoms with E-state index in [1.165, 1.54) is 19.3 Å². The third kappa shape index (κ3) is 4.77. The summed E-state index contributed by atoms with van der Waals surface area (Å²) in [5, 5.41) is 3.31. The molecule has 0 heterocycles. The first-order valence-corrected chi connectivity index (χ1v) is 7.64. The summed E-state index contributed by atoms with van der Waals surface area (Å²) in [6.07, 6.45) is 5.88. The lowest BCUT2D eigenvalue weighted by atomic mass is 9.84. The monoisotopic (exact) mass is 269 g/mol. The third-order valence-electron chi connectivity index (χ3n) is 4.54. The molecule has 0 radical (unpaired) electrons. The van der Waals surface area contributed by atoms with E-state index in [4.69, 9.17) is 5.73 Å². The molecule has 0 saturated heterocycles. The third-order valence-corrected chi connectivity index (χ3v) is 4.54. The van der Waals surface area contributed by atoms with Crippen molar-refractivity contribution in [2.75, 3.05) is 20.1 Å². The normalized spacial score (nSPS) is 20.9. The highest BCUT2D eigenvalue weighted by molar-refractivity contribution is 5.84. The van der Waals surface area contributed by atoms with Crippen molar-refractivity contribution in [2.45, 2.75) is 64.5 Å². The average molecular weight is 269 g/mol. The molecule has 0 aromatic carbocycles. The Morgan fingerprint density at radius 1 is 1.53 bits per heavy atom. The molecule has 1 saturated carbocycles. The Balaban J connectivity index is 2.48. The van der Waals surface area contributed by atoms with E-state index in [-0.39, 0.29) is 5.91 Å². The second-order valence-corrected chi connectivity index (χ2v) is 6.41. The molecule has 4 heteroatoms. The van der Waals surface area contributed by atoms with Gasteiger partial charge in [0.25, 0.3) is 0 Å². The molecule has 3 N–H and O–H groups in total. The second-order valence-electron chi connectivity index (χ2n) is 6.41. The molecule has 2 atom stereocenters. The van der Waals surface area contributed by atoms with Crippen molar-refractivity contribution in [3.05, 3.63) is 0 Å². The van der Waals surface area contributed by atoms with Crippen LogP contribution >= 0.6 is 0 Å². The second kappa shape index (κ2) is 7.25. The molecule has 0 aromatic heterocycles. The molecule has 4 nitrogen and oxygen atoms in total. The molecule has 0 spiro atoms. The van der Waals surface area contributed by atoms with Crippen molar-refractivity contribution in [1.82, 2.24) is 10.2 Å². The maximum Gasteiger partial charge on any atom is 0.237 e. The molecule has 0 aliphatic heterocycles. The summed E-state index contributed by atoms with van der Waals surface area (Å²) in [5.74, 6) is 0.612. The Kier molecular flexibility index (Phi) is 6.27. The molecular formula is C15H31N3O. The van der Waals surface area contributed by atoms with Gasteiger partial charge in [0.15, 0.2) is 0 Å². The van der Waals surface area contributed by atoms with Gasteiger partial charge < -0.3 is 16.0 Å². The van der Waals surface area contributed by atoms with E-state index >= 15 is 0 Å². The van der Waals surface area contributed by atoms with E-state index in [9.17, 15) is 4.79 Å². The van der Waals surface area contributed by atoms with Gasteiger partial charge in [0, 0.05) is 12.6 Å². The molecule has 1 amide bonds. The van der Waals surface area contributed by atoms with Crippen LogP contribution in [0, 0.1) is 5.92 Å². The fourth-order valence-corrected chi connectivity index (χ4v) is 2.67. The van der Waals surface area contributed by atoms with E-state index < -0.39 is 5.54 Å². The number of nitrogens with zero attached hydrogens (tertiary/aromatic N) is 1. The van der Waals surface area contributed by atoms with Crippen molar-refractivity contribution in [3.8, 4) is 0 Å². The van der Waals surface area contributed by atoms with Gasteiger partial charge in [0.2, 0.25) is 5.91 Å². The lowest BCUT2D eigenvalue weighted by Gasteiger charge is -2.37. The van der Waals surface area contributed by atoms with Gasteiger partial charge in [-0.05, 0) is 59.0 Å². The maximum atomic E-state index is 11.7. The van der Waals surface area contributed by atoms with Crippen LogP contribution in [0.1, 0.15) is 52.9 Å². The van der Waals surface area contributed by atoms with E-state index in [1.807, 2.05) is 6.92 Å². The Morgan fingerprint density at radius 3 is 2.58 bits per heavy atom. The predicted molar refractivity (Wildman–Crippen MR) is 79.9 cm³/mol. The van der Waals surface area contributed by atoms with Crippen LogP contribution in [0.3, 0.4) is 0 Å². The molecular weight excluding hydrogens is 238 g/mol. The SMILES string of the molecule is CCCNC(C)(CC(C)N(C)CC1CCC1)C(N)=O. The molecule has 1 aliphatic rings. The van der Waals surface area contributed by atoms with Gasteiger partial charge in [-0.2, -0.15) is 0 Å². The Morgan fingerprint density at radius 2 is 2.16 bits per heavy atom. The Hall–Kier alpha value is -0.610. The van der Waals surface area contributed by atoms with Crippen LogP contribution in [0.4, 0.5) is 0 Å². The summed E-state index contributed by atoms with van der Waals surface area (Å²) < 4.78 is 0. The Labute approximate surface area is 118 Å².